The Balaban J connectivity index is 0.00000364. The van der Waals surface area contributed by atoms with E-state index in [0.717, 1.165) is 36.8 Å². The van der Waals surface area contributed by atoms with E-state index in [0.29, 0.717) is 6.54 Å². The molecule has 1 saturated heterocycles. The van der Waals surface area contributed by atoms with Gasteiger partial charge in [0.25, 0.3) is 0 Å². The minimum atomic E-state index is 0. The predicted molar refractivity (Wildman–Crippen MR) is 123 cm³/mol. The summed E-state index contributed by atoms with van der Waals surface area (Å²) in [7, 11) is 1.82. The molecule has 7 heteroatoms. The van der Waals surface area contributed by atoms with Gasteiger partial charge in [0.2, 0.25) is 0 Å². The third kappa shape index (κ3) is 8.37. The fraction of sp³-hybridized carbons (Fsp3) is 0.800. The third-order valence-corrected chi connectivity index (χ3v) is 5.16. The zero-order chi connectivity index (χ0) is 18.6. The molecule has 0 amide bonds. The highest BCUT2D eigenvalue weighted by Gasteiger charge is 2.13. The lowest BCUT2D eigenvalue weighted by molar-refractivity contribution is 0.224. The van der Waals surface area contributed by atoms with E-state index in [9.17, 15) is 0 Å². The summed E-state index contributed by atoms with van der Waals surface area (Å²) in [6.07, 6.45) is 9.70. The number of aliphatic imine (C=N–C) groups is 1. The minimum Gasteiger partial charge on any atom is -0.361 e. The number of hydrogen-bond acceptors (Lipinski definition) is 4. The number of aryl methyl sites for hydroxylation is 2. The lowest BCUT2D eigenvalue weighted by atomic mass is 10.1. The van der Waals surface area contributed by atoms with E-state index in [4.69, 9.17) is 4.52 Å². The van der Waals surface area contributed by atoms with E-state index in [-0.39, 0.29) is 24.0 Å². The molecule has 0 bridgehead atoms. The molecular weight excluding hydrogens is 453 g/mol. The highest BCUT2D eigenvalue weighted by Crippen LogP contribution is 2.15. The molecule has 0 aromatic carbocycles. The van der Waals surface area contributed by atoms with E-state index in [1.165, 1.54) is 63.7 Å². The van der Waals surface area contributed by atoms with Crippen molar-refractivity contribution in [3.63, 3.8) is 0 Å². The number of nitrogens with zero attached hydrogens (tertiary/aromatic N) is 3. The van der Waals surface area contributed by atoms with Crippen LogP contribution in [0, 0.1) is 0 Å². The quantitative estimate of drug-likeness (QED) is 0.226. The average Bonchev–Trinajstić information content (AvgIpc) is 3.09. The summed E-state index contributed by atoms with van der Waals surface area (Å²) in [4.78, 5) is 6.94. The number of hydrogen-bond donors (Lipinski definition) is 2. The van der Waals surface area contributed by atoms with E-state index in [1.807, 2.05) is 7.05 Å². The van der Waals surface area contributed by atoms with Crippen LogP contribution >= 0.6 is 24.0 Å². The van der Waals surface area contributed by atoms with Gasteiger partial charge in [0.1, 0.15) is 5.76 Å². The second-order valence-corrected chi connectivity index (χ2v) is 7.05. The summed E-state index contributed by atoms with van der Waals surface area (Å²) in [5.74, 6) is 1.83. The molecule has 1 fully saturated rings. The Morgan fingerprint density at radius 2 is 1.85 bits per heavy atom. The molecule has 0 radical (unpaired) electrons. The number of piperidine rings is 1. The number of aromatic nitrogens is 1. The van der Waals surface area contributed by atoms with E-state index >= 15 is 0 Å². The first-order valence-corrected chi connectivity index (χ1v) is 10.4. The van der Waals surface area contributed by atoms with Crippen LogP contribution in [0.2, 0.25) is 0 Å². The Morgan fingerprint density at radius 1 is 1.07 bits per heavy atom. The van der Waals surface area contributed by atoms with Gasteiger partial charge in [0.05, 0.1) is 5.69 Å². The first kappa shape index (κ1) is 24.2. The van der Waals surface area contributed by atoms with Crippen LogP contribution < -0.4 is 10.6 Å². The summed E-state index contributed by atoms with van der Waals surface area (Å²) < 4.78 is 5.42. The number of rotatable bonds is 10. The zero-order valence-corrected chi connectivity index (χ0v) is 19.7. The molecular formula is C20H38IN5O. The summed E-state index contributed by atoms with van der Waals surface area (Å²) in [5, 5.41) is 11.0. The van der Waals surface area contributed by atoms with Gasteiger partial charge in [-0.1, -0.05) is 31.8 Å². The van der Waals surface area contributed by atoms with E-state index in [2.05, 4.69) is 39.5 Å². The van der Waals surface area contributed by atoms with Crippen molar-refractivity contribution in [2.24, 2.45) is 4.99 Å². The topological polar surface area (TPSA) is 65.7 Å². The summed E-state index contributed by atoms with van der Waals surface area (Å²) in [5.41, 5.74) is 2.22. The maximum Gasteiger partial charge on any atom is 0.191 e. The molecule has 156 valence electrons. The minimum absolute atomic E-state index is 0. The normalized spacial score (nSPS) is 15.4. The number of guanidine groups is 1. The molecule has 1 aliphatic rings. The predicted octanol–water partition coefficient (Wildman–Crippen LogP) is 3.74. The van der Waals surface area contributed by atoms with Crippen LogP contribution in [-0.4, -0.2) is 49.2 Å². The summed E-state index contributed by atoms with van der Waals surface area (Å²) in [6.45, 7) is 9.75. The van der Waals surface area contributed by atoms with Crippen molar-refractivity contribution >= 4 is 29.9 Å². The number of likely N-dealkylation sites (tertiary alicyclic amines) is 1. The van der Waals surface area contributed by atoms with Gasteiger partial charge in [-0.15, -0.1) is 24.0 Å². The standard InChI is InChI=1S/C20H37N5O.HI/c1-4-18-17(19(5-2)26-24-18)16-23-20(21-3)22-12-8-6-9-13-25-14-10-7-11-15-25;/h4-16H2,1-3H3,(H2,21,22,23);1H. The van der Waals surface area contributed by atoms with Crippen molar-refractivity contribution < 1.29 is 4.52 Å². The Morgan fingerprint density at radius 3 is 2.52 bits per heavy atom. The summed E-state index contributed by atoms with van der Waals surface area (Å²) in [6, 6.07) is 0. The van der Waals surface area contributed by atoms with Crippen LogP contribution in [0.3, 0.4) is 0 Å². The molecule has 0 saturated carbocycles. The second-order valence-electron chi connectivity index (χ2n) is 7.05. The van der Waals surface area contributed by atoms with Gasteiger partial charge in [0, 0.05) is 32.1 Å². The Bertz CT molecular complexity index is 519. The number of nitrogens with one attached hydrogen (secondary N) is 2. The highest BCUT2D eigenvalue weighted by molar-refractivity contribution is 14.0. The molecule has 0 atom stereocenters. The van der Waals surface area contributed by atoms with Crippen LogP contribution in [0.15, 0.2) is 9.52 Å². The molecule has 0 spiro atoms. The largest absolute Gasteiger partial charge is 0.361 e. The molecule has 2 N–H and O–H groups in total. The van der Waals surface area contributed by atoms with Crippen LogP contribution in [-0.2, 0) is 19.4 Å². The molecule has 0 unspecified atom stereocenters. The monoisotopic (exact) mass is 491 g/mol. The zero-order valence-electron chi connectivity index (χ0n) is 17.4. The van der Waals surface area contributed by atoms with Crippen LogP contribution in [0.5, 0.6) is 0 Å². The SMILES string of the molecule is CCc1noc(CC)c1CNC(=NC)NCCCCCN1CCCCC1.I. The third-order valence-electron chi connectivity index (χ3n) is 5.16. The molecule has 1 aromatic heterocycles. The first-order valence-electron chi connectivity index (χ1n) is 10.4. The van der Waals surface area contributed by atoms with Crippen molar-refractivity contribution in [3.05, 3.63) is 17.0 Å². The van der Waals surface area contributed by atoms with Gasteiger partial charge in [-0.3, -0.25) is 4.99 Å². The molecule has 1 aliphatic heterocycles. The van der Waals surface area contributed by atoms with Crippen LogP contribution in [0.1, 0.15) is 69.4 Å². The number of unbranched alkanes of at least 4 members (excludes halogenated alkanes) is 2. The van der Waals surface area contributed by atoms with E-state index in [1.54, 1.807) is 0 Å². The van der Waals surface area contributed by atoms with Crippen LogP contribution in [0.4, 0.5) is 0 Å². The molecule has 2 rings (SSSR count). The molecule has 27 heavy (non-hydrogen) atoms. The van der Waals surface area contributed by atoms with Gasteiger partial charge in [-0.05, 0) is 51.7 Å². The Hall–Kier alpha value is -0.830. The smallest absolute Gasteiger partial charge is 0.191 e. The van der Waals surface area contributed by atoms with Crippen molar-refractivity contribution in [2.75, 3.05) is 33.2 Å². The average molecular weight is 491 g/mol. The van der Waals surface area contributed by atoms with Gasteiger partial charge in [0.15, 0.2) is 5.96 Å². The number of halogens is 1. The van der Waals surface area contributed by atoms with Gasteiger partial charge in [-0.2, -0.15) is 0 Å². The maximum atomic E-state index is 5.42. The van der Waals surface area contributed by atoms with Crippen LogP contribution in [0.25, 0.3) is 0 Å². The molecule has 2 heterocycles. The first-order chi connectivity index (χ1) is 12.8. The molecule has 0 aliphatic carbocycles. The Labute approximate surface area is 181 Å². The van der Waals surface area contributed by atoms with Crippen molar-refractivity contribution in [1.29, 1.82) is 0 Å². The Kier molecular flexibility index (Phi) is 12.7. The highest BCUT2D eigenvalue weighted by atomic mass is 127. The second kappa shape index (κ2) is 14.2. The van der Waals surface area contributed by atoms with Crippen molar-refractivity contribution in [3.8, 4) is 0 Å². The molecule has 6 nitrogen and oxygen atoms in total. The summed E-state index contributed by atoms with van der Waals surface area (Å²) >= 11 is 0. The van der Waals surface area contributed by atoms with Gasteiger partial charge in [-0.25, -0.2) is 0 Å². The fourth-order valence-electron chi connectivity index (χ4n) is 3.56. The lowest BCUT2D eigenvalue weighted by Crippen LogP contribution is -2.37. The van der Waals surface area contributed by atoms with Gasteiger partial charge < -0.3 is 20.1 Å². The van der Waals surface area contributed by atoms with Crippen molar-refractivity contribution in [1.82, 2.24) is 20.7 Å². The van der Waals surface area contributed by atoms with Crippen molar-refractivity contribution in [2.45, 2.75) is 71.8 Å². The maximum absolute atomic E-state index is 5.42. The molecule has 1 aromatic rings. The lowest BCUT2D eigenvalue weighted by Gasteiger charge is -2.26. The van der Waals surface area contributed by atoms with E-state index < -0.39 is 0 Å². The fourth-order valence-corrected chi connectivity index (χ4v) is 3.56. The van der Waals surface area contributed by atoms with Gasteiger partial charge >= 0.3 is 0 Å².